The monoisotopic (exact) mass is 480 g/mol. The number of hydrogen-bond acceptors (Lipinski definition) is 7. The van der Waals surface area contributed by atoms with Gasteiger partial charge in [0.05, 0.1) is 6.21 Å². The minimum absolute atomic E-state index is 0.149. The molecule has 3 rings (SSSR count). The molecule has 8 heteroatoms. The predicted molar refractivity (Wildman–Crippen MR) is 144 cm³/mol. The van der Waals surface area contributed by atoms with Crippen LogP contribution in [0.15, 0.2) is 41.5 Å². The average Bonchev–Trinajstić information content (AvgIpc) is 2.84. The van der Waals surface area contributed by atoms with E-state index in [1.807, 2.05) is 29.2 Å². The molecule has 0 radical (unpaired) electrons. The fraction of sp³-hybridized carbons (Fsp3) is 0.519. The van der Waals surface area contributed by atoms with Crippen LogP contribution < -0.4 is 15.1 Å². The smallest absolute Gasteiger partial charge is 0.219 e. The number of aromatic nitrogens is 1. The first kappa shape index (κ1) is 26.5. The normalized spacial score (nSPS) is 14.3. The Morgan fingerprint density at radius 2 is 1.89 bits per heavy atom. The molecular formula is C27H40N6O2. The Bertz CT molecular complexity index is 966. The number of ether oxygens (including phenoxy) is 1. The first-order valence-electron chi connectivity index (χ1n) is 12.7. The van der Waals surface area contributed by atoms with Crippen molar-refractivity contribution in [3.05, 3.63) is 47.5 Å². The number of carbonyl (C=O) groups excluding carboxylic acids is 1. The largest absolute Gasteiger partial charge is 0.476 e. The first-order chi connectivity index (χ1) is 17.0. The molecule has 1 aliphatic rings. The molecule has 0 spiro atoms. The molecule has 1 aromatic carbocycles. The molecule has 1 saturated heterocycles. The number of benzene rings is 1. The summed E-state index contributed by atoms with van der Waals surface area (Å²) < 4.78 is 6.10. The second kappa shape index (κ2) is 13.7. The van der Waals surface area contributed by atoms with E-state index in [-0.39, 0.29) is 5.91 Å². The lowest BCUT2D eigenvalue weighted by atomic mass is 10.2. The summed E-state index contributed by atoms with van der Waals surface area (Å²) in [6, 6.07) is 12.3. The molecule has 1 aromatic heterocycles. The molecule has 1 N–H and O–H groups in total. The Morgan fingerprint density at radius 3 is 2.54 bits per heavy atom. The lowest BCUT2D eigenvalue weighted by Crippen LogP contribution is -2.48. The van der Waals surface area contributed by atoms with Gasteiger partial charge in [0, 0.05) is 70.6 Å². The summed E-state index contributed by atoms with van der Waals surface area (Å²) in [7, 11) is 0. The highest BCUT2D eigenvalue weighted by molar-refractivity contribution is 5.80. The zero-order chi connectivity index (χ0) is 25.0. The highest BCUT2D eigenvalue weighted by Gasteiger charge is 2.18. The van der Waals surface area contributed by atoms with E-state index in [1.165, 1.54) is 5.56 Å². The van der Waals surface area contributed by atoms with Crippen LogP contribution in [0.1, 0.15) is 44.7 Å². The third-order valence-electron chi connectivity index (χ3n) is 6.05. The SMILES string of the molecule is CCCN(CCC)c1cc(N/N=C/c2cccc(C)c2)nc(OCCN2CCN(C(C)=O)CC2)c1. The summed E-state index contributed by atoms with van der Waals surface area (Å²) in [6.07, 6.45) is 3.94. The van der Waals surface area contributed by atoms with Crippen molar-refractivity contribution in [1.82, 2.24) is 14.8 Å². The maximum absolute atomic E-state index is 11.5. The number of anilines is 2. The van der Waals surface area contributed by atoms with Gasteiger partial charge >= 0.3 is 0 Å². The number of rotatable bonds is 12. The second-order valence-corrected chi connectivity index (χ2v) is 9.02. The molecule has 0 unspecified atom stereocenters. The molecule has 2 aromatic rings. The second-order valence-electron chi connectivity index (χ2n) is 9.02. The summed E-state index contributed by atoms with van der Waals surface area (Å²) in [6.45, 7) is 14.7. The molecule has 0 bridgehead atoms. The van der Waals surface area contributed by atoms with Crippen molar-refractivity contribution in [2.24, 2.45) is 5.10 Å². The van der Waals surface area contributed by atoms with Gasteiger partial charge in [0.25, 0.3) is 0 Å². The number of piperazine rings is 1. The lowest BCUT2D eigenvalue weighted by Gasteiger charge is -2.34. The van der Waals surface area contributed by atoms with Crippen molar-refractivity contribution >= 4 is 23.6 Å². The number of carbonyl (C=O) groups is 1. The number of pyridine rings is 1. The molecule has 1 amide bonds. The summed E-state index contributed by atoms with van der Waals surface area (Å²) in [5, 5.41) is 4.41. The Labute approximate surface area is 210 Å². The molecule has 1 fully saturated rings. The fourth-order valence-electron chi connectivity index (χ4n) is 4.20. The Morgan fingerprint density at radius 1 is 1.14 bits per heavy atom. The Kier molecular flexibility index (Phi) is 10.3. The van der Waals surface area contributed by atoms with E-state index in [1.54, 1.807) is 13.1 Å². The summed E-state index contributed by atoms with van der Waals surface area (Å²) in [4.78, 5) is 22.8. The highest BCUT2D eigenvalue weighted by atomic mass is 16.5. The number of hydrazone groups is 1. The maximum Gasteiger partial charge on any atom is 0.219 e. The zero-order valence-electron chi connectivity index (χ0n) is 21.7. The Hall–Kier alpha value is -3.13. The number of aryl methyl sites for hydroxylation is 1. The van der Waals surface area contributed by atoms with Crippen LogP contribution in [-0.4, -0.2) is 79.3 Å². The van der Waals surface area contributed by atoms with Crippen LogP contribution >= 0.6 is 0 Å². The molecule has 35 heavy (non-hydrogen) atoms. The molecule has 0 saturated carbocycles. The minimum atomic E-state index is 0.149. The molecule has 190 valence electrons. The zero-order valence-corrected chi connectivity index (χ0v) is 21.7. The lowest BCUT2D eigenvalue weighted by molar-refractivity contribution is -0.130. The molecule has 8 nitrogen and oxygen atoms in total. The van der Waals surface area contributed by atoms with Gasteiger partial charge in [-0.05, 0) is 25.3 Å². The van der Waals surface area contributed by atoms with E-state index in [0.717, 1.165) is 69.9 Å². The van der Waals surface area contributed by atoms with Crippen molar-refractivity contribution in [2.75, 3.05) is 62.7 Å². The van der Waals surface area contributed by atoms with Gasteiger partial charge in [0.15, 0.2) is 5.82 Å². The van der Waals surface area contributed by atoms with Crippen molar-refractivity contribution < 1.29 is 9.53 Å². The van der Waals surface area contributed by atoms with Crippen LogP contribution in [0.5, 0.6) is 5.88 Å². The molecule has 1 aliphatic heterocycles. The van der Waals surface area contributed by atoms with Gasteiger partial charge in [-0.25, -0.2) is 0 Å². The van der Waals surface area contributed by atoms with Gasteiger partial charge in [0.1, 0.15) is 6.61 Å². The van der Waals surface area contributed by atoms with E-state index < -0.39 is 0 Å². The van der Waals surface area contributed by atoms with Gasteiger partial charge in [-0.3, -0.25) is 15.1 Å². The molecule has 2 heterocycles. The van der Waals surface area contributed by atoms with E-state index in [4.69, 9.17) is 4.74 Å². The minimum Gasteiger partial charge on any atom is -0.476 e. The predicted octanol–water partition coefficient (Wildman–Crippen LogP) is 4.01. The van der Waals surface area contributed by atoms with Crippen LogP contribution in [0.25, 0.3) is 0 Å². The van der Waals surface area contributed by atoms with Crippen LogP contribution in [0.3, 0.4) is 0 Å². The van der Waals surface area contributed by atoms with Crippen molar-refractivity contribution in [3.63, 3.8) is 0 Å². The van der Waals surface area contributed by atoms with Crippen molar-refractivity contribution in [3.8, 4) is 5.88 Å². The average molecular weight is 481 g/mol. The summed E-state index contributed by atoms with van der Waals surface area (Å²) >= 11 is 0. The van der Waals surface area contributed by atoms with Gasteiger partial charge in [-0.2, -0.15) is 10.1 Å². The number of nitrogens with zero attached hydrogens (tertiary/aromatic N) is 5. The van der Waals surface area contributed by atoms with Gasteiger partial charge in [-0.1, -0.05) is 43.7 Å². The first-order valence-corrected chi connectivity index (χ1v) is 12.7. The highest BCUT2D eigenvalue weighted by Crippen LogP contribution is 2.25. The standard InChI is InChI=1S/C27H40N6O2/c1-5-10-33(11-6-2)25-19-26(30-28-21-24-9-7-8-22(3)18-24)29-27(20-25)35-17-16-31-12-14-32(15-13-31)23(4)34/h7-9,18-21H,5-6,10-17H2,1-4H3,(H,29,30)/b28-21+. The van der Waals surface area contributed by atoms with Crippen LogP contribution in [0.2, 0.25) is 0 Å². The summed E-state index contributed by atoms with van der Waals surface area (Å²) in [5.74, 6) is 1.40. The maximum atomic E-state index is 11.5. The molecular weight excluding hydrogens is 440 g/mol. The Balaban J connectivity index is 1.66. The number of hydrogen-bond donors (Lipinski definition) is 1. The van der Waals surface area contributed by atoms with Crippen molar-refractivity contribution in [1.29, 1.82) is 0 Å². The summed E-state index contributed by atoms with van der Waals surface area (Å²) in [5.41, 5.74) is 6.41. The quantitative estimate of drug-likeness (QED) is 0.366. The van der Waals surface area contributed by atoms with E-state index in [0.29, 0.717) is 18.3 Å². The molecule has 0 atom stereocenters. The third kappa shape index (κ3) is 8.55. The van der Waals surface area contributed by atoms with Crippen LogP contribution in [0, 0.1) is 6.92 Å². The molecule has 0 aliphatic carbocycles. The van der Waals surface area contributed by atoms with Crippen LogP contribution in [0.4, 0.5) is 11.5 Å². The fourth-order valence-corrected chi connectivity index (χ4v) is 4.20. The topological polar surface area (TPSA) is 73.3 Å². The van der Waals surface area contributed by atoms with Gasteiger partial charge < -0.3 is 14.5 Å². The number of amides is 1. The van der Waals surface area contributed by atoms with Crippen LogP contribution in [-0.2, 0) is 4.79 Å². The van der Waals surface area contributed by atoms with E-state index in [9.17, 15) is 4.79 Å². The van der Waals surface area contributed by atoms with E-state index >= 15 is 0 Å². The van der Waals surface area contributed by atoms with Crippen molar-refractivity contribution in [2.45, 2.75) is 40.5 Å². The number of nitrogens with one attached hydrogen (secondary N) is 1. The third-order valence-corrected chi connectivity index (χ3v) is 6.05. The van der Waals surface area contributed by atoms with Gasteiger partial charge in [0.2, 0.25) is 11.8 Å². The van der Waals surface area contributed by atoms with E-state index in [2.05, 4.69) is 58.2 Å². The van der Waals surface area contributed by atoms with Gasteiger partial charge in [-0.15, -0.1) is 0 Å².